The number of hydrogen-bond acceptors (Lipinski definition) is 2. The molecule has 0 radical (unpaired) electrons. The van der Waals surface area contributed by atoms with Crippen molar-refractivity contribution in [3.8, 4) is 10.4 Å². The molecule has 3 rings (SSSR count). The van der Waals surface area contributed by atoms with Gasteiger partial charge < -0.3 is 4.90 Å². The van der Waals surface area contributed by atoms with Gasteiger partial charge in [-0.15, -0.1) is 11.3 Å². The van der Waals surface area contributed by atoms with Crippen LogP contribution in [0.15, 0.2) is 52.8 Å². The number of rotatable bonds is 8. The lowest BCUT2D eigenvalue weighted by molar-refractivity contribution is 0.549. The zero-order valence-electron chi connectivity index (χ0n) is 18.3. The quantitative estimate of drug-likeness (QED) is 0.311. The van der Waals surface area contributed by atoms with Crippen molar-refractivity contribution in [2.24, 2.45) is 4.99 Å². The highest BCUT2D eigenvalue weighted by Gasteiger charge is 2.08. The molecule has 0 saturated heterocycles. The second-order valence-electron chi connectivity index (χ2n) is 7.91. The maximum atomic E-state index is 4.54. The SMILES string of the molecule is CCN(C)C=NCCc1cc(C)c(Cc2csc(-c3ccc(C)cc3)c2)cc1C. The zero-order chi connectivity index (χ0) is 20.8. The molecule has 0 spiro atoms. The standard InChI is InChI=1S/C26H32N2S/c1-6-28(5)18-27-12-11-24-13-21(4)25(14-20(24)3)15-22-16-26(29-17-22)23-9-7-19(2)8-10-23/h7-10,13-14,16-18H,6,11-12,15H2,1-5H3. The monoisotopic (exact) mass is 404 g/mol. The zero-order valence-corrected chi connectivity index (χ0v) is 19.1. The van der Waals surface area contributed by atoms with E-state index in [2.05, 4.69) is 92.5 Å². The van der Waals surface area contributed by atoms with E-state index in [0.717, 1.165) is 25.9 Å². The van der Waals surface area contributed by atoms with Gasteiger partial charge in [-0.2, -0.15) is 0 Å². The molecule has 2 nitrogen and oxygen atoms in total. The molecule has 152 valence electrons. The van der Waals surface area contributed by atoms with E-state index in [1.807, 2.05) is 17.7 Å². The fourth-order valence-corrected chi connectivity index (χ4v) is 4.34. The Hall–Kier alpha value is -2.39. The van der Waals surface area contributed by atoms with E-state index in [-0.39, 0.29) is 0 Å². The third-order valence-corrected chi connectivity index (χ3v) is 6.49. The summed E-state index contributed by atoms with van der Waals surface area (Å²) in [5.41, 5.74) is 9.60. The third-order valence-electron chi connectivity index (χ3n) is 5.47. The lowest BCUT2D eigenvalue weighted by atomic mass is 9.94. The highest BCUT2D eigenvalue weighted by molar-refractivity contribution is 7.13. The summed E-state index contributed by atoms with van der Waals surface area (Å²) in [6, 6.07) is 15.9. The highest BCUT2D eigenvalue weighted by Crippen LogP contribution is 2.29. The molecule has 0 N–H and O–H groups in total. The summed E-state index contributed by atoms with van der Waals surface area (Å²) >= 11 is 1.84. The topological polar surface area (TPSA) is 15.6 Å². The molecule has 2 aromatic carbocycles. The molecular weight excluding hydrogens is 372 g/mol. The first-order valence-electron chi connectivity index (χ1n) is 10.4. The second-order valence-corrected chi connectivity index (χ2v) is 8.82. The number of benzene rings is 2. The molecule has 0 aliphatic carbocycles. The molecular formula is C26H32N2S. The Labute approximate surface area is 179 Å². The summed E-state index contributed by atoms with van der Waals surface area (Å²) in [6.07, 6.45) is 3.94. The fraction of sp³-hybridized carbons (Fsp3) is 0.346. The fourth-order valence-electron chi connectivity index (χ4n) is 3.42. The summed E-state index contributed by atoms with van der Waals surface area (Å²) in [4.78, 5) is 7.99. The van der Waals surface area contributed by atoms with Crippen molar-refractivity contribution >= 4 is 17.7 Å². The molecule has 0 bridgehead atoms. The molecule has 0 amide bonds. The van der Waals surface area contributed by atoms with Gasteiger partial charge in [0.2, 0.25) is 0 Å². The van der Waals surface area contributed by atoms with Crippen LogP contribution < -0.4 is 0 Å². The highest BCUT2D eigenvalue weighted by atomic mass is 32.1. The van der Waals surface area contributed by atoms with Crippen molar-refractivity contribution in [1.29, 1.82) is 0 Å². The van der Waals surface area contributed by atoms with E-state index in [4.69, 9.17) is 0 Å². The predicted molar refractivity (Wildman–Crippen MR) is 129 cm³/mol. The average Bonchev–Trinajstić information content (AvgIpc) is 3.17. The van der Waals surface area contributed by atoms with Crippen LogP contribution in [0.3, 0.4) is 0 Å². The lowest BCUT2D eigenvalue weighted by Crippen LogP contribution is -2.15. The van der Waals surface area contributed by atoms with Crippen LogP contribution in [0.2, 0.25) is 0 Å². The Bertz CT molecular complexity index is 967. The van der Waals surface area contributed by atoms with Crippen molar-refractivity contribution in [1.82, 2.24) is 4.90 Å². The molecule has 3 aromatic rings. The van der Waals surface area contributed by atoms with E-state index in [9.17, 15) is 0 Å². The Morgan fingerprint density at radius 1 is 0.966 bits per heavy atom. The number of aliphatic imine (C=N–C) groups is 1. The number of thiophene rings is 1. The van der Waals surface area contributed by atoms with E-state index < -0.39 is 0 Å². The van der Waals surface area contributed by atoms with Crippen molar-refractivity contribution < 1.29 is 0 Å². The first kappa shape index (κ1) is 21.3. The molecule has 3 heteroatoms. The minimum atomic E-state index is 0.842. The van der Waals surface area contributed by atoms with Crippen LogP contribution in [0.1, 0.15) is 40.3 Å². The van der Waals surface area contributed by atoms with Crippen molar-refractivity contribution in [2.45, 2.75) is 40.5 Å². The summed E-state index contributed by atoms with van der Waals surface area (Å²) < 4.78 is 0. The predicted octanol–water partition coefficient (Wildman–Crippen LogP) is 6.45. The molecule has 0 aliphatic heterocycles. The molecule has 29 heavy (non-hydrogen) atoms. The maximum absolute atomic E-state index is 4.54. The molecule has 0 unspecified atom stereocenters. The molecule has 0 atom stereocenters. The van der Waals surface area contributed by atoms with E-state index in [1.165, 1.54) is 43.8 Å². The average molecular weight is 405 g/mol. The Kier molecular flexibility index (Phi) is 7.27. The minimum Gasteiger partial charge on any atom is -0.366 e. The van der Waals surface area contributed by atoms with Gasteiger partial charge in [-0.1, -0.05) is 42.0 Å². The van der Waals surface area contributed by atoms with Crippen molar-refractivity contribution in [2.75, 3.05) is 20.1 Å². The van der Waals surface area contributed by atoms with E-state index >= 15 is 0 Å². The molecule has 1 aromatic heterocycles. The van der Waals surface area contributed by atoms with Crippen LogP contribution in [-0.2, 0) is 12.8 Å². The number of aryl methyl sites for hydroxylation is 3. The first-order chi connectivity index (χ1) is 14.0. The Morgan fingerprint density at radius 3 is 2.38 bits per heavy atom. The van der Waals surface area contributed by atoms with Crippen LogP contribution in [0.5, 0.6) is 0 Å². The summed E-state index contributed by atoms with van der Waals surface area (Å²) in [7, 11) is 2.06. The van der Waals surface area contributed by atoms with Crippen LogP contribution in [-0.4, -0.2) is 31.4 Å². The molecule has 0 aliphatic rings. The van der Waals surface area contributed by atoms with Gasteiger partial charge in [0.15, 0.2) is 0 Å². The van der Waals surface area contributed by atoms with E-state index in [1.54, 1.807) is 0 Å². The smallest absolute Gasteiger partial charge is 0.0847 e. The number of hydrogen-bond donors (Lipinski definition) is 0. The first-order valence-corrected chi connectivity index (χ1v) is 11.3. The molecule has 1 heterocycles. The summed E-state index contributed by atoms with van der Waals surface area (Å²) in [5.74, 6) is 0. The van der Waals surface area contributed by atoms with Gasteiger partial charge in [0, 0.05) is 25.0 Å². The summed E-state index contributed by atoms with van der Waals surface area (Å²) in [5, 5.41) is 2.30. The van der Waals surface area contributed by atoms with E-state index in [0.29, 0.717) is 0 Å². The maximum Gasteiger partial charge on any atom is 0.0847 e. The van der Waals surface area contributed by atoms with Gasteiger partial charge >= 0.3 is 0 Å². The van der Waals surface area contributed by atoms with Crippen molar-refractivity contribution in [3.05, 3.63) is 81.2 Å². The largest absolute Gasteiger partial charge is 0.366 e. The normalized spacial score (nSPS) is 11.3. The number of nitrogens with zero attached hydrogens (tertiary/aromatic N) is 2. The molecule has 0 fully saturated rings. The van der Waals surface area contributed by atoms with Gasteiger partial charge in [-0.25, -0.2) is 0 Å². The van der Waals surface area contributed by atoms with Crippen LogP contribution in [0.25, 0.3) is 10.4 Å². The third kappa shape index (κ3) is 5.80. The van der Waals surface area contributed by atoms with Gasteiger partial charge in [0.25, 0.3) is 0 Å². The summed E-state index contributed by atoms with van der Waals surface area (Å²) in [6.45, 7) is 10.6. The lowest BCUT2D eigenvalue weighted by Gasteiger charge is -2.12. The van der Waals surface area contributed by atoms with Crippen LogP contribution in [0.4, 0.5) is 0 Å². The Balaban J connectivity index is 1.68. The Morgan fingerprint density at radius 2 is 1.66 bits per heavy atom. The van der Waals surface area contributed by atoms with Crippen LogP contribution >= 0.6 is 11.3 Å². The molecule has 0 saturated carbocycles. The van der Waals surface area contributed by atoms with Gasteiger partial charge in [-0.3, -0.25) is 4.99 Å². The van der Waals surface area contributed by atoms with Gasteiger partial charge in [-0.05, 0) is 85.4 Å². The second kappa shape index (κ2) is 9.89. The van der Waals surface area contributed by atoms with Gasteiger partial charge in [0.05, 0.1) is 6.34 Å². The van der Waals surface area contributed by atoms with Crippen molar-refractivity contribution in [3.63, 3.8) is 0 Å². The minimum absolute atomic E-state index is 0.842. The van der Waals surface area contributed by atoms with Gasteiger partial charge in [0.1, 0.15) is 0 Å². The van der Waals surface area contributed by atoms with Crippen LogP contribution in [0, 0.1) is 20.8 Å².